The van der Waals surface area contributed by atoms with Crippen molar-refractivity contribution in [1.82, 2.24) is 14.5 Å². The molecular weight excluding hydrogens is 339 g/mol. The summed E-state index contributed by atoms with van der Waals surface area (Å²) in [6.45, 7) is 2.00. The molecule has 9 heteroatoms. The molecule has 1 atom stereocenters. The van der Waals surface area contributed by atoms with Crippen LogP contribution < -0.4 is 17.0 Å². The summed E-state index contributed by atoms with van der Waals surface area (Å²) in [7, 11) is 1.62. The SMILES string of the molecule is CC(CN)N(C)C(=O)Cn1cc(Br)c(=O)[nH]c1=O.Cl. The van der Waals surface area contributed by atoms with Crippen molar-refractivity contribution < 1.29 is 4.79 Å². The Balaban J connectivity index is 0.00000324. The van der Waals surface area contributed by atoms with Gasteiger partial charge in [-0.1, -0.05) is 0 Å². The average molecular weight is 356 g/mol. The summed E-state index contributed by atoms with van der Waals surface area (Å²) in [5.74, 6) is -0.256. The second-order valence-electron chi connectivity index (χ2n) is 3.95. The summed E-state index contributed by atoms with van der Waals surface area (Å²) in [6, 6.07) is -0.112. The fourth-order valence-corrected chi connectivity index (χ4v) is 1.61. The zero-order chi connectivity index (χ0) is 13.9. The number of hydrogen-bond donors (Lipinski definition) is 2. The normalized spacial score (nSPS) is 11.6. The highest BCUT2D eigenvalue weighted by Gasteiger charge is 2.15. The van der Waals surface area contributed by atoms with Crippen molar-refractivity contribution >= 4 is 34.2 Å². The van der Waals surface area contributed by atoms with Crippen molar-refractivity contribution in [1.29, 1.82) is 0 Å². The quantitative estimate of drug-likeness (QED) is 0.762. The van der Waals surface area contributed by atoms with Gasteiger partial charge in [0.15, 0.2) is 0 Å². The van der Waals surface area contributed by atoms with Gasteiger partial charge in [0.05, 0.1) is 4.47 Å². The van der Waals surface area contributed by atoms with Gasteiger partial charge in [0.25, 0.3) is 5.56 Å². The number of amides is 1. The van der Waals surface area contributed by atoms with Crippen LogP contribution in [0.5, 0.6) is 0 Å². The molecule has 108 valence electrons. The lowest BCUT2D eigenvalue weighted by atomic mass is 10.3. The summed E-state index contributed by atoms with van der Waals surface area (Å²) in [5.41, 5.74) is 4.32. The van der Waals surface area contributed by atoms with Gasteiger partial charge in [-0.15, -0.1) is 12.4 Å². The molecule has 0 bridgehead atoms. The third-order valence-corrected chi connectivity index (χ3v) is 3.23. The van der Waals surface area contributed by atoms with E-state index in [4.69, 9.17) is 5.73 Å². The van der Waals surface area contributed by atoms with E-state index in [9.17, 15) is 14.4 Å². The first-order valence-electron chi connectivity index (χ1n) is 5.31. The fourth-order valence-electron chi connectivity index (χ4n) is 1.26. The number of carbonyl (C=O) groups is 1. The highest BCUT2D eigenvalue weighted by molar-refractivity contribution is 9.10. The Hall–Kier alpha value is -1.12. The predicted octanol–water partition coefficient (Wildman–Crippen LogP) is -0.473. The first-order valence-corrected chi connectivity index (χ1v) is 6.11. The molecule has 0 aromatic carbocycles. The van der Waals surface area contributed by atoms with Crippen molar-refractivity contribution in [2.45, 2.75) is 19.5 Å². The lowest BCUT2D eigenvalue weighted by Crippen LogP contribution is -2.43. The number of nitrogens with two attached hydrogens (primary N) is 1. The van der Waals surface area contributed by atoms with Crippen molar-refractivity contribution in [2.24, 2.45) is 5.73 Å². The number of rotatable bonds is 4. The molecule has 1 aromatic heterocycles. The lowest BCUT2D eigenvalue weighted by Gasteiger charge is -2.23. The molecule has 0 radical (unpaired) electrons. The standard InChI is InChI=1S/C10H15BrN4O3.ClH/c1-6(3-12)14(2)8(16)5-15-4-7(11)9(17)13-10(15)18;/h4,6H,3,5,12H2,1-2H3,(H,13,17,18);1H. The Kier molecular flexibility index (Phi) is 7.02. The van der Waals surface area contributed by atoms with Crippen LogP contribution >= 0.6 is 28.3 Å². The maximum atomic E-state index is 11.9. The molecule has 0 aliphatic rings. The van der Waals surface area contributed by atoms with Crippen LogP contribution in [0.2, 0.25) is 0 Å². The van der Waals surface area contributed by atoms with Crippen LogP contribution in [-0.2, 0) is 11.3 Å². The number of aromatic nitrogens is 2. The molecule has 3 N–H and O–H groups in total. The van der Waals surface area contributed by atoms with E-state index >= 15 is 0 Å². The van der Waals surface area contributed by atoms with Crippen LogP contribution in [0.1, 0.15) is 6.92 Å². The molecule has 0 fully saturated rings. The fraction of sp³-hybridized carbons (Fsp3) is 0.500. The van der Waals surface area contributed by atoms with Crippen molar-refractivity contribution in [3.05, 3.63) is 31.5 Å². The summed E-state index contributed by atoms with van der Waals surface area (Å²) < 4.78 is 1.33. The zero-order valence-electron chi connectivity index (χ0n) is 10.6. The highest BCUT2D eigenvalue weighted by atomic mass is 79.9. The molecule has 1 rings (SSSR count). The van der Waals surface area contributed by atoms with Gasteiger partial charge < -0.3 is 10.6 Å². The van der Waals surface area contributed by atoms with Crippen LogP contribution in [0.4, 0.5) is 0 Å². The molecule has 0 aliphatic heterocycles. The lowest BCUT2D eigenvalue weighted by molar-refractivity contribution is -0.132. The number of aromatic amines is 1. The molecular formula is C10H16BrClN4O3. The molecule has 7 nitrogen and oxygen atoms in total. The summed E-state index contributed by atoms with van der Waals surface area (Å²) >= 11 is 3.00. The summed E-state index contributed by atoms with van der Waals surface area (Å²) in [5, 5.41) is 0. The smallest absolute Gasteiger partial charge is 0.328 e. The van der Waals surface area contributed by atoms with Gasteiger partial charge in [0.2, 0.25) is 5.91 Å². The number of likely N-dealkylation sites (N-methyl/N-ethyl adjacent to an activating group) is 1. The minimum atomic E-state index is -0.620. The van der Waals surface area contributed by atoms with Crippen molar-refractivity contribution in [3.8, 4) is 0 Å². The molecule has 0 saturated carbocycles. The number of nitrogens with one attached hydrogen (secondary N) is 1. The molecule has 1 heterocycles. The average Bonchev–Trinajstić information content (AvgIpc) is 2.33. The largest absolute Gasteiger partial charge is 0.340 e. The molecule has 19 heavy (non-hydrogen) atoms. The van der Waals surface area contributed by atoms with Gasteiger partial charge in [0, 0.05) is 25.8 Å². The van der Waals surface area contributed by atoms with E-state index in [1.54, 1.807) is 7.05 Å². The van der Waals surface area contributed by atoms with Crippen LogP contribution in [-0.4, -0.2) is 40.0 Å². The zero-order valence-corrected chi connectivity index (χ0v) is 13.0. The number of hydrogen-bond acceptors (Lipinski definition) is 4. The maximum Gasteiger partial charge on any atom is 0.328 e. The number of H-pyrrole nitrogens is 1. The van der Waals surface area contributed by atoms with Crippen molar-refractivity contribution in [3.63, 3.8) is 0 Å². The van der Waals surface area contributed by atoms with Gasteiger partial charge in [-0.25, -0.2) is 4.79 Å². The minimum absolute atomic E-state index is 0. The monoisotopic (exact) mass is 354 g/mol. The van der Waals surface area contributed by atoms with Crippen LogP contribution in [0.15, 0.2) is 20.3 Å². The van der Waals surface area contributed by atoms with E-state index in [0.29, 0.717) is 6.54 Å². The van der Waals surface area contributed by atoms with Crippen molar-refractivity contribution in [2.75, 3.05) is 13.6 Å². The molecule has 1 aromatic rings. The molecule has 1 unspecified atom stereocenters. The Bertz CT molecular complexity index is 556. The van der Waals surface area contributed by atoms with E-state index < -0.39 is 11.2 Å². The predicted molar refractivity (Wildman–Crippen MR) is 77.6 cm³/mol. The first kappa shape index (κ1) is 17.9. The van der Waals surface area contributed by atoms with E-state index in [1.807, 2.05) is 6.92 Å². The van der Waals surface area contributed by atoms with E-state index in [2.05, 4.69) is 20.9 Å². The summed E-state index contributed by atoms with van der Waals surface area (Å²) in [6.07, 6.45) is 1.29. The molecule has 1 amide bonds. The number of carbonyl (C=O) groups excluding carboxylic acids is 1. The Morgan fingerprint density at radius 1 is 1.58 bits per heavy atom. The Morgan fingerprint density at radius 3 is 2.68 bits per heavy atom. The molecule has 0 spiro atoms. The molecule has 0 saturated heterocycles. The van der Waals surface area contributed by atoms with Gasteiger partial charge in [-0.3, -0.25) is 19.1 Å². The number of halogens is 2. The van der Waals surface area contributed by atoms with E-state index in [-0.39, 0.29) is 35.4 Å². The van der Waals surface area contributed by atoms with Crippen LogP contribution in [0, 0.1) is 0 Å². The molecule has 0 aliphatic carbocycles. The Morgan fingerprint density at radius 2 is 2.16 bits per heavy atom. The van der Waals surface area contributed by atoms with Gasteiger partial charge >= 0.3 is 5.69 Å². The van der Waals surface area contributed by atoms with E-state index in [0.717, 1.165) is 4.57 Å². The second-order valence-corrected chi connectivity index (χ2v) is 4.81. The Labute approximate surface area is 124 Å². The first-order chi connectivity index (χ1) is 8.36. The van der Waals surface area contributed by atoms with Gasteiger partial charge in [-0.2, -0.15) is 0 Å². The van der Waals surface area contributed by atoms with Gasteiger partial charge in [-0.05, 0) is 22.9 Å². The maximum absolute atomic E-state index is 11.9. The van der Waals surface area contributed by atoms with E-state index in [1.165, 1.54) is 11.1 Å². The third kappa shape index (κ3) is 4.48. The number of nitrogens with zero attached hydrogens (tertiary/aromatic N) is 2. The highest BCUT2D eigenvalue weighted by Crippen LogP contribution is 2.00. The second kappa shape index (κ2) is 7.46. The topological polar surface area (TPSA) is 101 Å². The third-order valence-electron chi connectivity index (χ3n) is 2.67. The van der Waals surface area contributed by atoms with Crippen LogP contribution in [0.3, 0.4) is 0 Å². The van der Waals surface area contributed by atoms with Crippen LogP contribution in [0.25, 0.3) is 0 Å². The summed E-state index contributed by atoms with van der Waals surface area (Å²) in [4.78, 5) is 38.1. The van der Waals surface area contributed by atoms with Gasteiger partial charge in [0.1, 0.15) is 6.54 Å². The minimum Gasteiger partial charge on any atom is -0.340 e.